The summed E-state index contributed by atoms with van der Waals surface area (Å²) in [7, 11) is 3.94. The molecule has 1 heterocycles. The average Bonchev–Trinajstić information content (AvgIpc) is 2.32. The number of esters is 1. The fraction of sp³-hybridized carbons (Fsp3) is 0.923. The summed E-state index contributed by atoms with van der Waals surface area (Å²) in [6, 6.07) is 0. The van der Waals surface area contributed by atoms with Gasteiger partial charge in [0.05, 0.1) is 5.41 Å². The number of nitrogens with zero attached hydrogens (tertiary/aromatic N) is 1. The first-order valence-corrected chi connectivity index (χ1v) is 6.57. The van der Waals surface area contributed by atoms with Crippen LogP contribution in [-0.4, -0.2) is 51.2 Å². The number of rotatable bonds is 4. The van der Waals surface area contributed by atoms with Gasteiger partial charge in [-0.2, -0.15) is 0 Å². The Morgan fingerprint density at radius 3 is 2.29 bits per heavy atom. The molecule has 4 nitrogen and oxygen atoms in total. The second-order valence-corrected chi connectivity index (χ2v) is 4.75. The normalized spacial score (nSPS) is 18.2. The van der Waals surface area contributed by atoms with Crippen molar-refractivity contribution < 1.29 is 9.53 Å². The number of hydrogen-bond donors (Lipinski definition) is 1. The molecule has 1 N–H and O–H groups in total. The third kappa shape index (κ3) is 6.03. The zero-order chi connectivity index (χ0) is 13.3. The van der Waals surface area contributed by atoms with Crippen LogP contribution in [0.3, 0.4) is 0 Å². The summed E-state index contributed by atoms with van der Waals surface area (Å²) in [5, 5.41) is 3.25. The second kappa shape index (κ2) is 8.48. The summed E-state index contributed by atoms with van der Waals surface area (Å²) in [5.74, 6) is -0.0362. The highest BCUT2D eigenvalue weighted by molar-refractivity contribution is 5.76. The third-order valence-corrected chi connectivity index (χ3v) is 2.97. The van der Waals surface area contributed by atoms with Crippen molar-refractivity contribution in [1.29, 1.82) is 0 Å². The van der Waals surface area contributed by atoms with Crippen LogP contribution in [0, 0.1) is 5.41 Å². The van der Waals surface area contributed by atoms with Crippen molar-refractivity contribution in [2.45, 2.75) is 33.6 Å². The molecule has 4 heteroatoms. The molecule has 0 aromatic carbocycles. The molecule has 17 heavy (non-hydrogen) atoms. The first-order chi connectivity index (χ1) is 8.04. The molecule has 0 spiro atoms. The number of ether oxygens (including phenoxy) is 1. The number of likely N-dealkylation sites (N-methyl/N-ethyl adjacent to an activating group) is 1. The minimum Gasteiger partial charge on any atom is -0.464 e. The first kappa shape index (κ1) is 16.4. The lowest BCUT2D eigenvalue weighted by molar-refractivity contribution is -0.156. The predicted molar refractivity (Wildman–Crippen MR) is 71.1 cm³/mol. The van der Waals surface area contributed by atoms with Gasteiger partial charge in [-0.3, -0.25) is 4.79 Å². The Balaban J connectivity index is 0.00000121. The number of carbonyl (C=O) groups excluding carboxylic acids is 1. The Morgan fingerprint density at radius 2 is 1.82 bits per heavy atom. The molecule has 0 aromatic heterocycles. The molecule has 1 saturated heterocycles. The van der Waals surface area contributed by atoms with Gasteiger partial charge in [-0.1, -0.05) is 13.8 Å². The molecule has 102 valence electrons. The van der Waals surface area contributed by atoms with Gasteiger partial charge < -0.3 is 15.0 Å². The summed E-state index contributed by atoms with van der Waals surface area (Å²) < 4.78 is 5.29. The maximum absolute atomic E-state index is 11.8. The van der Waals surface area contributed by atoms with E-state index < -0.39 is 0 Å². The smallest absolute Gasteiger partial charge is 0.311 e. The van der Waals surface area contributed by atoms with Crippen molar-refractivity contribution in [1.82, 2.24) is 10.2 Å². The van der Waals surface area contributed by atoms with E-state index in [0.29, 0.717) is 6.61 Å². The minimum atomic E-state index is -0.266. The van der Waals surface area contributed by atoms with Gasteiger partial charge in [0.15, 0.2) is 0 Å². The van der Waals surface area contributed by atoms with Crippen LogP contribution in [-0.2, 0) is 9.53 Å². The summed E-state index contributed by atoms with van der Waals surface area (Å²) in [6.45, 7) is 9.12. The van der Waals surface area contributed by atoms with Gasteiger partial charge in [-0.25, -0.2) is 0 Å². The lowest BCUT2D eigenvalue weighted by atomic mass is 9.81. The highest BCUT2D eigenvalue weighted by Crippen LogP contribution is 2.29. The largest absolute Gasteiger partial charge is 0.464 e. The molecule has 0 aliphatic carbocycles. The fourth-order valence-electron chi connectivity index (χ4n) is 1.68. The van der Waals surface area contributed by atoms with Gasteiger partial charge in [-0.15, -0.1) is 0 Å². The third-order valence-electron chi connectivity index (χ3n) is 2.97. The van der Waals surface area contributed by atoms with Gasteiger partial charge >= 0.3 is 5.97 Å². The van der Waals surface area contributed by atoms with E-state index in [1.807, 2.05) is 39.8 Å². The summed E-state index contributed by atoms with van der Waals surface area (Å²) in [6.07, 6.45) is 1.77. The SMILES string of the molecule is CC.CN(C)CCOC(=O)C1(C)CCNCC1. The molecule has 0 amide bonds. The molecule has 0 aromatic rings. The van der Waals surface area contributed by atoms with E-state index in [2.05, 4.69) is 5.32 Å². The predicted octanol–water partition coefficient (Wildman–Crippen LogP) is 1.51. The number of piperidine rings is 1. The quantitative estimate of drug-likeness (QED) is 0.761. The van der Waals surface area contributed by atoms with Crippen molar-refractivity contribution in [2.24, 2.45) is 5.41 Å². The van der Waals surface area contributed by atoms with E-state index >= 15 is 0 Å². The molecular weight excluding hydrogens is 216 g/mol. The molecule has 1 aliphatic rings. The zero-order valence-corrected chi connectivity index (χ0v) is 12.0. The van der Waals surface area contributed by atoms with Crippen molar-refractivity contribution in [3.8, 4) is 0 Å². The Hall–Kier alpha value is -0.610. The van der Waals surface area contributed by atoms with Crippen LogP contribution in [0.15, 0.2) is 0 Å². The summed E-state index contributed by atoms with van der Waals surface area (Å²) >= 11 is 0. The molecular formula is C13H28N2O2. The van der Waals surface area contributed by atoms with Crippen LogP contribution in [0.1, 0.15) is 33.6 Å². The highest BCUT2D eigenvalue weighted by atomic mass is 16.5. The Labute approximate surface area is 106 Å². The fourth-order valence-corrected chi connectivity index (χ4v) is 1.68. The molecule has 0 bridgehead atoms. The van der Waals surface area contributed by atoms with Crippen LogP contribution in [0.5, 0.6) is 0 Å². The zero-order valence-electron chi connectivity index (χ0n) is 12.0. The number of nitrogens with one attached hydrogen (secondary N) is 1. The Kier molecular flexibility index (Phi) is 8.17. The number of carbonyl (C=O) groups is 1. The summed E-state index contributed by atoms with van der Waals surface area (Å²) in [4.78, 5) is 13.8. The standard InChI is InChI=1S/C11H22N2O2.C2H6/c1-11(4-6-12-7-5-11)10(14)15-9-8-13(2)3;1-2/h12H,4-9H2,1-3H3;1-2H3. The molecule has 0 saturated carbocycles. The first-order valence-electron chi connectivity index (χ1n) is 6.57. The van der Waals surface area contributed by atoms with Gasteiger partial charge in [0.2, 0.25) is 0 Å². The molecule has 1 rings (SSSR count). The van der Waals surface area contributed by atoms with Gasteiger partial charge in [0, 0.05) is 6.54 Å². The van der Waals surface area contributed by atoms with E-state index in [0.717, 1.165) is 32.5 Å². The van der Waals surface area contributed by atoms with Crippen LogP contribution < -0.4 is 5.32 Å². The van der Waals surface area contributed by atoms with Crippen LogP contribution in [0.2, 0.25) is 0 Å². The lowest BCUT2D eigenvalue weighted by Crippen LogP contribution is -2.41. The Bertz CT molecular complexity index is 211. The minimum absolute atomic E-state index is 0.0362. The molecule has 1 aliphatic heterocycles. The van der Waals surface area contributed by atoms with E-state index in [-0.39, 0.29) is 11.4 Å². The van der Waals surface area contributed by atoms with Crippen LogP contribution in [0.25, 0.3) is 0 Å². The second-order valence-electron chi connectivity index (χ2n) is 4.75. The van der Waals surface area contributed by atoms with E-state index in [9.17, 15) is 4.79 Å². The van der Waals surface area contributed by atoms with Crippen molar-refractivity contribution in [3.05, 3.63) is 0 Å². The maximum atomic E-state index is 11.8. The van der Waals surface area contributed by atoms with E-state index in [1.165, 1.54) is 0 Å². The monoisotopic (exact) mass is 244 g/mol. The van der Waals surface area contributed by atoms with E-state index in [1.54, 1.807) is 0 Å². The van der Waals surface area contributed by atoms with Crippen molar-refractivity contribution in [2.75, 3.05) is 40.3 Å². The maximum Gasteiger partial charge on any atom is 0.311 e. The van der Waals surface area contributed by atoms with Gasteiger partial charge in [0.25, 0.3) is 0 Å². The summed E-state index contributed by atoms with van der Waals surface area (Å²) in [5.41, 5.74) is -0.266. The van der Waals surface area contributed by atoms with E-state index in [4.69, 9.17) is 4.74 Å². The molecule has 0 unspecified atom stereocenters. The molecule has 0 radical (unpaired) electrons. The van der Waals surface area contributed by atoms with Crippen molar-refractivity contribution >= 4 is 5.97 Å². The number of hydrogen-bond acceptors (Lipinski definition) is 4. The topological polar surface area (TPSA) is 41.6 Å². The molecule has 1 fully saturated rings. The molecule has 0 atom stereocenters. The van der Waals surface area contributed by atoms with Crippen LogP contribution >= 0.6 is 0 Å². The average molecular weight is 244 g/mol. The lowest BCUT2D eigenvalue weighted by Gasteiger charge is -2.31. The van der Waals surface area contributed by atoms with Crippen LogP contribution in [0.4, 0.5) is 0 Å². The Morgan fingerprint density at radius 1 is 1.29 bits per heavy atom. The highest BCUT2D eigenvalue weighted by Gasteiger charge is 2.35. The van der Waals surface area contributed by atoms with Gasteiger partial charge in [0.1, 0.15) is 6.61 Å². The van der Waals surface area contributed by atoms with Gasteiger partial charge in [-0.05, 0) is 47.0 Å². The van der Waals surface area contributed by atoms with Crippen molar-refractivity contribution in [3.63, 3.8) is 0 Å².